The van der Waals surface area contributed by atoms with Gasteiger partial charge in [0.25, 0.3) is 5.91 Å². The normalized spacial score (nSPS) is 19.1. The largest absolute Gasteiger partial charge is 0.349 e. The second-order valence-electron chi connectivity index (χ2n) is 7.00. The number of aromatic nitrogens is 2. The summed E-state index contributed by atoms with van der Waals surface area (Å²) >= 11 is 6.02. The monoisotopic (exact) mass is 358 g/mol. The lowest BCUT2D eigenvalue weighted by Gasteiger charge is -2.28. The van der Waals surface area contributed by atoms with Crippen LogP contribution in [-0.4, -0.2) is 40.6 Å². The molecule has 1 aliphatic carbocycles. The fraction of sp³-hybridized carbons (Fsp3) is 0.474. The first kappa shape index (κ1) is 16.6. The van der Waals surface area contributed by atoms with E-state index in [0.29, 0.717) is 18.2 Å². The molecule has 2 fully saturated rings. The van der Waals surface area contributed by atoms with Crippen molar-refractivity contribution in [2.24, 2.45) is 0 Å². The summed E-state index contributed by atoms with van der Waals surface area (Å²) in [5, 5.41) is 11.0. The average molecular weight is 359 g/mol. The fourth-order valence-electron chi connectivity index (χ4n) is 3.53. The van der Waals surface area contributed by atoms with Gasteiger partial charge in [-0.3, -0.25) is 14.8 Å². The molecule has 2 heterocycles. The first-order chi connectivity index (χ1) is 12.2. The molecule has 1 amide bonds. The van der Waals surface area contributed by atoms with Gasteiger partial charge in [-0.1, -0.05) is 23.7 Å². The number of hydrogen-bond acceptors (Lipinski definition) is 3. The van der Waals surface area contributed by atoms with E-state index in [2.05, 4.69) is 32.5 Å². The highest BCUT2D eigenvalue weighted by atomic mass is 35.5. The van der Waals surface area contributed by atoms with Crippen molar-refractivity contribution < 1.29 is 4.79 Å². The smallest absolute Gasteiger partial charge is 0.271 e. The zero-order valence-corrected chi connectivity index (χ0v) is 14.9. The second-order valence-corrected chi connectivity index (χ2v) is 7.44. The molecule has 1 saturated heterocycles. The van der Waals surface area contributed by atoms with Crippen LogP contribution < -0.4 is 5.32 Å². The van der Waals surface area contributed by atoms with Gasteiger partial charge in [-0.15, -0.1) is 0 Å². The van der Waals surface area contributed by atoms with Crippen LogP contribution in [0.15, 0.2) is 30.3 Å². The van der Waals surface area contributed by atoms with Crippen molar-refractivity contribution in [3.8, 4) is 0 Å². The maximum atomic E-state index is 12.5. The van der Waals surface area contributed by atoms with Crippen LogP contribution in [0.4, 0.5) is 0 Å². The minimum absolute atomic E-state index is 0.110. The third kappa shape index (κ3) is 3.88. The second kappa shape index (κ2) is 7.18. The Labute approximate surface area is 152 Å². The van der Waals surface area contributed by atoms with E-state index >= 15 is 0 Å². The van der Waals surface area contributed by atoms with Gasteiger partial charge in [-0.05, 0) is 62.5 Å². The Balaban J connectivity index is 1.44. The Hall–Kier alpha value is -1.85. The molecule has 1 aliphatic heterocycles. The van der Waals surface area contributed by atoms with E-state index in [1.165, 1.54) is 31.2 Å². The van der Waals surface area contributed by atoms with Gasteiger partial charge in [0.15, 0.2) is 0 Å². The molecule has 0 radical (unpaired) electrons. The lowest BCUT2D eigenvalue weighted by atomic mass is 10.1. The number of benzene rings is 1. The van der Waals surface area contributed by atoms with E-state index in [1.54, 1.807) is 0 Å². The Bertz CT molecular complexity index is 732. The zero-order chi connectivity index (χ0) is 17.2. The number of aromatic amines is 1. The molecular formula is C19H23ClN4O. The summed E-state index contributed by atoms with van der Waals surface area (Å²) in [7, 11) is 0. The minimum atomic E-state index is -0.110. The van der Waals surface area contributed by atoms with Gasteiger partial charge in [-0.2, -0.15) is 5.10 Å². The molecule has 0 spiro atoms. The van der Waals surface area contributed by atoms with Crippen molar-refractivity contribution in [3.05, 3.63) is 52.3 Å². The molecule has 0 bridgehead atoms. The van der Waals surface area contributed by atoms with Crippen LogP contribution in [0.2, 0.25) is 5.02 Å². The summed E-state index contributed by atoms with van der Waals surface area (Å²) in [5.41, 5.74) is 2.75. The average Bonchev–Trinajstić information content (AvgIpc) is 3.12. The van der Waals surface area contributed by atoms with Gasteiger partial charge in [0, 0.05) is 23.2 Å². The summed E-state index contributed by atoms with van der Waals surface area (Å²) in [6, 6.07) is 9.99. The lowest BCUT2D eigenvalue weighted by molar-refractivity contribution is 0.0933. The zero-order valence-electron chi connectivity index (χ0n) is 14.2. The standard InChI is InChI=1S/C19H23ClN4O/c20-15-7-5-14(6-8-15)18(24-9-1-2-10-24)12-21-19(25)17-11-16(22-23-17)13-3-4-13/h5-8,11,13,18H,1-4,9-10,12H2,(H,21,25)(H,22,23)/t18-/m0/s1. The Morgan fingerprint density at radius 1 is 1.28 bits per heavy atom. The van der Waals surface area contributed by atoms with Crippen LogP contribution in [0, 0.1) is 0 Å². The highest BCUT2D eigenvalue weighted by molar-refractivity contribution is 6.30. The Morgan fingerprint density at radius 3 is 2.68 bits per heavy atom. The Kier molecular flexibility index (Phi) is 4.77. The molecule has 25 heavy (non-hydrogen) atoms. The first-order valence-electron chi connectivity index (χ1n) is 9.04. The van der Waals surface area contributed by atoms with E-state index in [4.69, 9.17) is 11.6 Å². The van der Waals surface area contributed by atoms with Crippen molar-refractivity contribution in [2.45, 2.75) is 37.6 Å². The molecule has 2 aliphatic rings. The van der Waals surface area contributed by atoms with Crippen LogP contribution in [-0.2, 0) is 0 Å². The number of H-pyrrole nitrogens is 1. The maximum Gasteiger partial charge on any atom is 0.271 e. The number of amides is 1. The predicted molar refractivity (Wildman–Crippen MR) is 97.9 cm³/mol. The van der Waals surface area contributed by atoms with E-state index in [-0.39, 0.29) is 11.9 Å². The van der Waals surface area contributed by atoms with Crippen LogP contribution in [0.25, 0.3) is 0 Å². The van der Waals surface area contributed by atoms with E-state index in [9.17, 15) is 4.79 Å². The maximum absolute atomic E-state index is 12.5. The van der Waals surface area contributed by atoms with E-state index in [0.717, 1.165) is 23.8 Å². The highest BCUT2D eigenvalue weighted by Gasteiger charge is 2.27. The van der Waals surface area contributed by atoms with Crippen molar-refractivity contribution >= 4 is 17.5 Å². The summed E-state index contributed by atoms with van der Waals surface area (Å²) in [5.74, 6) is 0.460. The predicted octanol–water partition coefficient (Wildman–Crippen LogP) is 3.51. The van der Waals surface area contributed by atoms with Crippen LogP contribution in [0.1, 0.15) is 59.4 Å². The van der Waals surface area contributed by atoms with Gasteiger partial charge in [-0.25, -0.2) is 0 Å². The van der Waals surface area contributed by atoms with Gasteiger partial charge in [0.2, 0.25) is 0 Å². The molecule has 2 aromatic rings. The Morgan fingerprint density at radius 2 is 2.00 bits per heavy atom. The third-order valence-corrected chi connectivity index (χ3v) is 5.39. The topological polar surface area (TPSA) is 61.0 Å². The lowest BCUT2D eigenvalue weighted by Crippen LogP contribution is -2.36. The summed E-state index contributed by atoms with van der Waals surface area (Å²) in [6.45, 7) is 2.71. The summed E-state index contributed by atoms with van der Waals surface area (Å²) in [6.07, 6.45) is 4.80. The molecule has 1 atom stereocenters. The molecular weight excluding hydrogens is 336 g/mol. The summed E-state index contributed by atoms with van der Waals surface area (Å²) in [4.78, 5) is 14.9. The molecule has 6 heteroatoms. The molecule has 2 N–H and O–H groups in total. The molecule has 1 saturated carbocycles. The van der Waals surface area contributed by atoms with Crippen LogP contribution in [0.5, 0.6) is 0 Å². The van der Waals surface area contributed by atoms with Crippen molar-refractivity contribution in [1.29, 1.82) is 0 Å². The number of nitrogens with zero attached hydrogens (tertiary/aromatic N) is 2. The number of hydrogen-bond donors (Lipinski definition) is 2. The SMILES string of the molecule is O=C(NC[C@@H](c1ccc(Cl)cc1)N1CCCC1)c1cc(C2CC2)[nH]n1. The number of likely N-dealkylation sites (tertiary alicyclic amines) is 1. The molecule has 4 rings (SSSR count). The van der Waals surface area contributed by atoms with Gasteiger partial charge in [0.05, 0.1) is 6.04 Å². The van der Waals surface area contributed by atoms with Gasteiger partial charge >= 0.3 is 0 Å². The van der Waals surface area contributed by atoms with Crippen LogP contribution >= 0.6 is 11.6 Å². The van der Waals surface area contributed by atoms with Gasteiger partial charge in [0.1, 0.15) is 5.69 Å². The number of halogens is 1. The molecule has 0 unspecified atom stereocenters. The number of carbonyl (C=O) groups excluding carboxylic acids is 1. The first-order valence-corrected chi connectivity index (χ1v) is 9.41. The third-order valence-electron chi connectivity index (χ3n) is 5.14. The number of rotatable bonds is 6. The summed E-state index contributed by atoms with van der Waals surface area (Å²) < 4.78 is 0. The van der Waals surface area contributed by atoms with Gasteiger partial charge < -0.3 is 5.32 Å². The fourth-order valence-corrected chi connectivity index (χ4v) is 3.66. The van der Waals surface area contributed by atoms with E-state index < -0.39 is 0 Å². The van der Waals surface area contributed by atoms with Crippen molar-refractivity contribution in [2.75, 3.05) is 19.6 Å². The van der Waals surface area contributed by atoms with Crippen molar-refractivity contribution in [3.63, 3.8) is 0 Å². The van der Waals surface area contributed by atoms with Crippen molar-refractivity contribution in [1.82, 2.24) is 20.4 Å². The number of carbonyl (C=O) groups is 1. The molecule has 1 aromatic heterocycles. The number of nitrogens with one attached hydrogen (secondary N) is 2. The molecule has 132 valence electrons. The quantitative estimate of drug-likeness (QED) is 0.830. The molecule has 5 nitrogen and oxygen atoms in total. The van der Waals surface area contributed by atoms with E-state index in [1.807, 2.05) is 18.2 Å². The highest BCUT2D eigenvalue weighted by Crippen LogP contribution is 2.39. The molecule has 1 aromatic carbocycles. The van der Waals surface area contributed by atoms with Crippen LogP contribution in [0.3, 0.4) is 0 Å². The minimum Gasteiger partial charge on any atom is -0.349 e.